The third-order valence-electron chi connectivity index (χ3n) is 6.60. The van der Waals surface area contributed by atoms with E-state index in [1.54, 1.807) is 0 Å². The lowest BCUT2D eigenvalue weighted by atomic mass is 9.75. The smallest absolute Gasteiger partial charge is 0.387 e. The molecule has 1 saturated carbocycles. The molecule has 1 atom stereocenters. The van der Waals surface area contributed by atoms with Gasteiger partial charge in [-0.3, -0.25) is 9.48 Å². The van der Waals surface area contributed by atoms with E-state index in [0.29, 0.717) is 16.3 Å². The molecule has 216 valence electrons. The van der Waals surface area contributed by atoms with Crippen molar-refractivity contribution in [3.63, 3.8) is 0 Å². The van der Waals surface area contributed by atoms with E-state index in [1.807, 2.05) is 0 Å². The Bertz CT molecular complexity index is 1380. The van der Waals surface area contributed by atoms with E-state index >= 15 is 0 Å². The maximum Gasteiger partial charge on any atom is 0.417 e. The number of carbonyl (C=O) groups is 1. The second-order valence-corrected chi connectivity index (χ2v) is 9.93. The van der Waals surface area contributed by atoms with E-state index in [1.165, 1.54) is 30.5 Å². The molecule has 0 bridgehead atoms. The second kappa shape index (κ2) is 10.6. The molecule has 4 rings (SSSR count). The number of aromatic nitrogens is 3. The van der Waals surface area contributed by atoms with E-state index in [0.717, 1.165) is 12.4 Å². The second-order valence-electron chi connectivity index (χ2n) is 9.55. The highest BCUT2D eigenvalue weighted by atomic mass is 35.5. The van der Waals surface area contributed by atoms with Crippen LogP contribution in [0, 0.1) is 0 Å². The van der Waals surface area contributed by atoms with Gasteiger partial charge in [-0.2, -0.15) is 31.4 Å². The highest BCUT2D eigenvalue weighted by molar-refractivity contribution is 6.34. The van der Waals surface area contributed by atoms with E-state index in [9.17, 15) is 45.0 Å². The quantitative estimate of drug-likeness (QED) is 0.315. The van der Waals surface area contributed by atoms with Crippen LogP contribution in [0.3, 0.4) is 0 Å². The number of aliphatic hydroxyl groups is 1. The van der Waals surface area contributed by atoms with Crippen LogP contribution in [0.2, 0.25) is 5.02 Å². The van der Waals surface area contributed by atoms with Crippen LogP contribution < -0.4 is 5.32 Å². The minimum atomic E-state index is -4.90. The molecule has 40 heavy (non-hydrogen) atoms. The Morgan fingerprint density at radius 3 is 2.38 bits per heavy atom. The Morgan fingerprint density at radius 2 is 1.75 bits per heavy atom. The zero-order chi connectivity index (χ0) is 29.5. The number of benzene rings is 1. The zero-order valence-electron chi connectivity index (χ0n) is 20.3. The maximum absolute atomic E-state index is 13.9. The predicted octanol–water partition coefficient (Wildman–Crippen LogP) is 6.59. The number of hydrogen-bond donors (Lipinski definition) is 2. The molecule has 3 aromatic rings. The molecule has 1 fully saturated rings. The molecule has 0 radical (unpaired) electrons. The summed E-state index contributed by atoms with van der Waals surface area (Å²) >= 11 is 5.83. The molecule has 2 aromatic heterocycles. The van der Waals surface area contributed by atoms with Crippen LogP contribution in [0.25, 0.3) is 11.1 Å². The summed E-state index contributed by atoms with van der Waals surface area (Å²) in [5, 5.41) is 16.5. The van der Waals surface area contributed by atoms with Gasteiger partial charge in [0, 0.05) is 30.8 Å². The third-order valence-corrected chi connectivity index (χ3v) is 6.98. The van der Waals surface area contributed by atoms with Crippen molar-refractivity contribution in [2.75, 3.05) is 0 Å². The van der Waals surface area contributed by atoms with Crippen molar-refractivity contribution in [2.45, 2.75) is 62.1 Å². The van der Waals surface area contributed by atoms with Gasteiger partial charge in [0.05, 0.1) is 28.4 Å². The maximum atomic E-state index is 13.9. The van der Waals surface area contributed by atoms with Gasteiger partial charge in [-0.25, -0.2) is 13.8 Å². The largest absolute Gasteiger partial charge is 0.417 e. The van der Waals surface area contributed by atoms with E-state index in [2.05, 4.69) is 15.4 Å². The normalized spacial score (nSPS) is 17.9. The number of hydrogen-bond acceptors (Lipinski definition) is 4. The Morgan fingerprint density at radius 1 is 1.07 bits per heavy atom. The van der Waals surface area contributed by atoms with Gasteiger partial charge in [0.1, 0.15) is 12.2 Å². The van der Waals surface area contributed by atoms with E-state index in [4.69, 9.17) is 11.6 Å². The fraction of sp³-hybridized carbons (Fsp3) is 0.400. The summed E-state index contributed by atoms with van der Waals surface area (Å²) in [4.78, 5) is 16.8. The molecule has 1 unspecified atom stereocenters. The summed E-state index contributed by atoms with van der Waals surface area (Å²) in [6.07, 6.45) is -8.77. The summed E-state index contributed by atoms with van der Waals surface area (Å²) in [5.41, 5.74) is -3.34. The average Bonchev–Trinajstić information content (AvgIpc) is 3.31. The fourth-order valence-electron chi connectivity index (χ4n) is 4.57. The van der Waals surface area contributed by atoms with Gasteiger partial charge in [-0.15, -0.1) is 0 Å². The van der Waals surface area contributed by atoms with Gasteiger partial charge >= 0.3 is 12.4 Å². The first-order valence-electron chi connectivity index (χ1n) is 11.8. The Labute approximate surface area is 227 Å². The van der Waals surface area contributed by atoms with Crippen LogP contribution in [0.1, 0.15) is 53.3 Å². The molecule has 0 saturated heterocycles. The minimum Gasteiger partial charge on any atom is -0.387 e. The summed E-state index contributed by atoms with van der Waals surface area (Å²) in [6.45, 7) is -1.34. The van der Waals surface area contributed by atoms with Crippen LogP contribution in [0.4, 0.5) is 35.1 Å². The molecule has 6 nitrogen and oxygen atoms in total. The van der Waals surface area contributed by atoms with Crippen LogP contribution >= 0.6 is 11.6 Å². The lowest BCUT2D eigenvalue weighted by Gasteiger charge is -2.42. The number of halogens is 9. The van der Waals surface area contributed by atoms with Crippen LogP contribution in [0.15, 0.2) is 48.9 Å². The fourth-order valence-corrected chi connectivity index (χ4v) is 4.87. The zero-order valence-corrected chi connectivity index (χ0v) is 21.1. The third kappa shape index (κ3) is 6.72. The Balaban J connectivity index is 1.71. The van der Waals surface area contributed by atoms with Crippen molar-refractivity contribution in [1.29, 1.82) is 0 Å². The minimum absolute atomic E-state index is 0.158. The standard InChI is InChI=1S/C25H21ClF8N4O2/c26-18-17(25(32,33)34)4-9-35-19(18)21(39)37-20(22(40)5-7-23(27,28)8-6-22)15-3-1-2-14(10-15)16-11-36-38(12-16)13-24(29,30)31/h1-4,9-12,20,40H,5-8,13H2,(H,37,39). The molecule has 1 aliphatic rings. The first kappa shape index (κ1) is 29.7. The van der Waals surface area contributed by atoms with Crippen LogP contribution in [-0.4, -0.2) is 43.5 Å². The first-order valence-corrected chi connectivity index (χ1v) is 12.2. The predicted molar refractivity (Wildman–Crippen MR) is 127 cm³/mol. The lowest BCUT2D eigenvalue weighted by Crippen LogP contribution is -2.50. The number of rotatable bonds is 6. The molecule has 2 N–H and O–H groups in total. The van der Waals surface area contributed by atoms with Crippen LogP contribution in [0.5, 0.6) is 0 Å². The number of carbonyl (C=O) groups excluding carboxylic acids is 1. The average molecular weight is 597 g/mol. The number of alkyl halides is 8. The van der Waals surface area contributed by atoms with Gasteiger partial charge in [-0.05, 0) is 36.1 Å². The van der Waals surface area contributed by atoms with Crippen molar-refractivity contribution >= 4 is 17.5 Å². The van der Waals surface area contributed by atoms with Crippen molar-refractivity contribution in [1.82, 2.24) is 20.1 Å². The van der Waals surface area contributed by atoms with Gasteiger partial charge in [-0.1, -0.05) is 29.8 Å². The molecule has 1 aromatic carbocycles. The van der Waals surface area contributed by atoms with Crippen molar-refractivity contribution in [3.8, 4) is 11.1 Å². The molecule has 1 amide bonds. The van der Waals surface area contributed by atoms with Crippen molar-refractivity contribution in [3.05, 3.63) is 70.8 Å². The lowest BCUT2D eigenvalue weighted by molar-refractivity contribution is -0.142. The summed E-state index contributed by atoms with van der Waals surface area (Å²) < 4.78 is 107. The van der Waals surface area contributed by atoms with Gasteiger partial charge in [0.2, 0.25) is 5.92 Å². The molecule has 2 heterocycles. The van der Waals surface area contributed by atoms with Gasteiger partial charge < -0.3 is 10.4 Å². The molecule has 0 spiro atoms. The van der Waals surface area contributed by atoms with Crippen LogP contribution in [-0.2, 0) is 12.7 Å². The molecule has 0 aliphatic heterocycles. The SMILES string of the molecule is O=C(NC(c1cccc(-c2cnn(CC(F)(F)F)c2)c1)C1(O)CCC(F)(F)CC1)c1nccc(C(F)(F)F)c1Cl. The summed E-state index contributed by atoms with van der Waals surface area (Å²) in [5.74, 6) is -4.27. The van der Waals surface area contributed by atoms with E-state index in [-0.39, 0.29) is 11.1 Å². The number of pyridine rings is 1. The van der Waals surface area contributed by atoms with Crippen molar-refractivity contribution in [2.24, 2.45) is 0 Å². The van der Waals surface area contributed by atoms with Crippen molar-refractivity contribution < 1.29 is 45.0 Å². The van der Waals surface area contributed by atoms with Gasteiger partial charge in [0.15, 0.2) is 0 Å². The first-order chi connectivity index (χ1) is 18.5. The van der Waals surface area contributed by atoms with E-state index < -0.39 is 84.3 Å². The molecular weight excluding hydrogens is 576 g/mol. The Hall–Kier alpha value is -3.26. The van der Waals surface area contributed by atoms with Gasteiger partial charge in [0.25, 0.3) is 5.91 Å². The topological polar surface area (TPSA) is 80.0 Å². The Kier molecular flexibility index (Phi) is 7.89. The summed E-state index contributed by atoms with van der Waals surface area (Å²) in [7, 11) is 0. The monoisotopic (exact) mass is 596 g/mol. The number of amides is 1. The molecular formula is C25H21ClF8N4O2. The number of nitrogens with one attached hydrogen (secondary N) is 1. The molecule has 1 aliphatic carbocycles. The molecule has 15 heteroatoms. The highest BCUT2D eigenvalue weighted by Gasteiger charge is 2.48. The number of nitrogens with zero attached hydrogens (tertiary/aromatic N) is 3. The highest BCUT2D eigenvalue weighted by Crippen LogP contribution is 2.45. The summed E-state index contributed by atoms with van der Waals surface area (Å²) in [6, 6.07) is 4.97.